The van der Waals surface area contributed by atoms with Crippen LogP contribution >= 0.6 is 11.6 Å². The molecule has 1 saturated heterocycles. The third-order valence-corrected chi connectivity index (χ3v) is 8.16. The van der Waals surface area contributed by atoms with E-state index in [-0.39, 0.29) is 34.5 Å². The molecule has 1 aliphatic rings. The molecule has 0 radical (unpaired) electrons. The highest BCUT2D eigenvalue weighted by Crippen LogP contribution is 2.25. The second-order valence-corrected chi connectivity index (χ2v) is 11.3. The van der Waals surface area contributed by atoms with Crippen molar-refractivity contribution < 1.29 is 18.6 Å². The molecule has 5 aromatic rings. The Morgan fingerprint density at radius 2 is 1.91 bits per heavy atom. The lowest BCUT2D eigenvalue weighted by Gasteiger charge is -2.32. The van der Waals surface area contributed by atoms with E-state index in [1.54, 1.807) is 30.3 Å². The van der Waals surface area contributed by atoms with Crippen molar-refractivity contribution in [3.05, 3.63) is 112 Å². The number of hydrogen-bond acceptors (Lipinski definition) is 10. The molecule has 0 aliphatic carbocycles. The van der Waals surface area contributed by atoms with Crippen LogP contribution in [0.15, 0.2) is 82.5 Å². The first-order valence-electron chi connectivity index (χ1n) is 14.7. The minimum atomic E-state index is -0.562. The van der Waals surface area contributed by atoms with Gasteiger partial charge >= 0.3 is 0 Å². The maximum Gasteiger partial charge on any atom is 0.293 e. The van der Waals surface area contributed by atoms with Crippen molar-refractivity contribution in [1.82, 2.24) is 35.6 Å². The number of aromatic nitrogens is 5. The van der Waals surface area contributed by atoms with Crippen LogP contribution in [0.3, 0.4) is 0 Å². The normalized spacial score (nSPS) is 14.1. The summed E-state index contributed by atoms with van der Waals surface area (Å²) in [4.78, 5) is 15.5. The van der Waals surface area contributed by atoms with Crippen LogP contribution in [0.2, 0.25) is 5.02 Å². The molecule has 3 heterocycles. The third-order valence-electron chi connectivity index (χ3n) is 7.80. The van der Waals surface area contributed by atoms with Gasteiger partial charge in [0.15, 0.2) is 5.69 Å². The van der Waals surface area contributed by atoms with Gasteiger partial charge in [0, 0.05) is 12.1 Å². The maximum atomic E-state index is 14.1. The number of amides is 1. The average Bonchev–Trinajstić information content (AvgIpc) is 3.68. The lowest BCUT2D eigenvalue weighted by atomic mass is 9.90. The summed E-state index contributed by atoms with van der Waals surface area (Å²) < 4.78 is 26.0. The summed E-state index contributed by atoms with van der Waals surface area (Å²) in [6.45, 7) is 2.03. The first-order valence-corrected chi connectivity index (χ1v) is 15.1. The van der Waals surface area contributed by atoms with E-state index >= 15 is 0 Å². The zero-order valence-corrected chi connectivity index (χ0v) is 25.5. The Kier molecular flexibility index (Phi) is 9.60. The Hall–Kier alpha value is -5.14. The molecular weight excluding hydrogens is 613 g/mol. The van der Waals surface area contributed by atoms with Crippen molar-refractivity contribution in [3.63, 3.8) is 0 Å². The molecule has 1 amide bonds. The second kappa shape index (κ2) is 14.3. The minimum Gasteiger partial charge on any atom is -0.489 e. The van der Waals surface area contributed by atoms with Gasteiger partial charge in [-0.3, -0.25) is 9.69 Å². The molecule has 0 bridgehead atoms. The van der Waals surface area contributed by atoms with Crippen LogP contribution in [0.5, 0.6) is 5.75 Å². The number of nitrogens with one attached hydrogen (secondary N) is 1. The predicted molar refractivity (Wildman–Crippen MR) is 169 cm³/mol. The zero-order chi connectivity index (χ0) is 31.9. The molecule has 14 heteroatoms. The summed E-state index contributed by atoms with van der Waals surface area (Å²) in [6, 6.07) is 21.9. The number of piperidine rings is 1. The molecule has 12 nitrogen and oxygen atoms in total. The predicted octanol–water partition coefficient (Wildman–Crippen LogP) is 4.82. The number of nitrogen functional groups attached to an aromatic ring is 1. The van der Waals surface area contributed by atoms with Gasteiger partial charge in [0.1, 0.15) is 18.2 Å². The number of nitrogens with zero attached hydrogens (tertiary/aromatic N) is 7. The van der Waals surface area contributed by atoms with Gasteiger partial charge in [-0.05, 0) is 84.0 Å². The van der Waals surface area contributed by atoms with Crippen molar-refractivity contribution in [2.24, 2.45) is 11.0 Å². The zero-order valence-electron chi connectivity index (χ0n) is 24.7. The summed E-state index contributed by atoms with van der Waals surface area (Å²) in [6.07, 6.45) is 4.54. The number of rotatable bonds is 11. The van der Waals surface area contributed by atoms with E-state index in [0.717, 1.165) is 32.4 Å². The number of halogens is 2. The lowest BCUT2D eigenvalue weighted by Crippen LogP contribution is -2.35. The SMILES string of the molecule is Nc1nonc1-n1nnc(C(=O)N/N=C/c2cccc(OCc3c(F)cccc3Cl)c2)c1CN1CCC(Cc2ccccc2)CC1. The Labute approximate surface area is 268 Å². The number of carbonyl (C=O) groups is 1. The van der Waals surface area contributed by atoms with E-state index in [9.17, 15) is 9.18 Å². The van der Waals surface area contributed by atoms with Crippen LogP contribution in [0.4, 0.5) is 10.2 Å². The van der Waals surface area contributed by atoms with Crippen molar-refractivity contribution >= 4 is 29.5 Å². The van der Waals surface area contributed by atoms with Crippen molar-refractivity contribution in [1.29, 1.82) is 0 Å². The van der Waals surface area contributed by atoms with Gasteiger partial charge in [0.25, 0.3) is 5.91 Å². The molecule has 3 aromatic carbocycles. The molecule has 46 heavy (non-hydrogen) atoms. The summed E-state index contributed by atoms with van der Waals surface area (Å²) in [5, 5.41) is 20.2. The molecule has 0 atom stereocenters. The van der Waals surface area contributed by atoms with Gasteiger partial charge in [-0.25, -0.2) is 14.4 Å². The number of anilines is 1. The van der Waals surface area contributed by atoms with E-state index < -0.39 is 11.7 Å². The van der Waals surface area contributed by atoms with Crippen LogP contribution in [-0.2, 0) is 19.6 Å². The van der Waals surface area contributed by atoms with E-state index in [0.29, 0.717) is 29.5 Å². The van der Waals surface area contributed by atoms with Gasteiger partial charge in [0.05, 0.1) is 16.9 Å². The summed E-state index contributed by atoms with van der Waals surface area (Å²) in [5.74, 6) is 0.225. The minimum absolute atomic E-state index is 0.0251. The van der Waals surface area contributed by atoms with Crippen LogP contribution in [-0.4, -0.2) is 55.4 Å². The summed E-state index contributed by atoms with van der Waals surface area (Å²) >= 11 is 6.10. The fourth-order valence-corrected chi connectivity index (χ4v) is 5.58. The highest BCUT2D eigenvalue weighted by atomic mass is 35.5. The largest absolute Gasteiger partial charge is 0.489 e. The monoisotopic (exact) mass is 643 g/mol. The molecule has 0 unspecified atom stereocenters. The molecule has 1 aliphatic heterocycles. The molecule has 6 rings (SSSR count). The second-order valence-electron chi connectivity index (χ2n) is 10.9. The third kappa shape index (κ3) is 7.38. The van der Waals surface area contributed by atoms with Gasteiger partial charge in [-0.1, -0.05) is 65.3 Å². The number of carbonyl (C=O) groups excluding carboxylic acids is 1. The lowest BCUT2D eigenvalue weighted by molar-refractivity contribution is 0.0946. The van der Waals surface area contributed by atoms with Gasteiger partial charge < -0.3 is 10.5 Å². The van der Waals surface area contributed by atoms with Crippen LogP contribution < -0.4 is 15.9 Å². The quantitative estimate of drug-likeness (QED) is 0.152. The van der Waals surface area contributed by atoms with Crippen LogP contribution in [0, 0.1) is 11.7 Å². The van der Waals surface area contributed by atoms with E-state index in [1.165, 1.54) is 28.6 Å². The molecule has 2 aromatic heterocycles. The standard InChI is InChI=1S/C32H31ClFN9O3/c33-26-10-5-11-27(34)25(26)20-45-24-9-4-8-23(17-24)18-36-38-32(44)29-28(43(41-37-29)31-30(35)39-46-40-31)19-42-14-12-22(13-15-42)16-21-6-2-1-3-7-21/h1-11,17-18,22H,12-16,19-20H2,(H2,35,39)(H,38,44)/b36-18+. The Morgan fingerprint density at radius 3 is 2.67 bits per heavy atom. The fraction of sp³-hybridized carbons (Fsp3) is 0.250. The van der Waals surface area contributed by atoms with Gasteiger partial charge in [-0.2, -0.15) is 9.78 Å². The topological polar surface area (TPSA) is 150 Å². The molecule has 3 N–H and O–H groups in total. The number of hydrogen-bond donors (Lipinski definition) is 2. The average molecular weight is 644 g/mol. The molecular formula is C32H31ClFN9O3. The number of nitrogens with two attached hydrogens (primary N) is 1. The van der Waals surface area contributed by atoms with E-state index in [2.05, 4.69) is 60.3 Å². The number of likely N-dealkylation sites (tertiary alicyclic amines) is 1. The summed E-state index contributed by atoms with van der Waals surface area (Å²) in [5.41, 5.74) is 11.3. The number of benzene rings is 3. The van der Waals surface area contributed by atoms with Crippen molar-refractivity contribution in [2.75, 3.05) is 18.8 Å². The molecule has 0 spiro atoms. The van der Waals surface area contributed by atoms with Crippen molar-refractivity contribution in [3.8, 4) is 11.6 Å². The highest BCUT2D eigenvalue weighted by Gasteiger charge is 2.27. The first kappa shape index (κ1) is 30.9. The van der Waals surface area contributed by atoms with Crippen molar-refractivity contribution in [2.45, 2.75) is 32.4 Å². The smallest absolute Gasteiger partial charge is 0.293 e. The molecule has 0 saturated carbocycles. The Morgan fingerprint density at radius 1 is 1.11 bits per heavy atom. The van der Waals surface area contributed by atoms with Crippen LogP contribution in [0.25, 0.3) is 5.82 Å². The number of hydrazone groups is 1. The summed E-state index contributed by atoms with van der Waals surface area (Å²) in [7, 11) is 0. The van der Waals surface area contributed by atoms with Gasteiger partial charge in [-0.15, -0.1) is 5.10 Å². The van der Waals surface area contributed by atoms with E-state index in [4.69, 9.17) is 26.7 Å². The Balaban J connectivity index is 1.11. The molecule has 236 valence electrons. The number of ether oxygens (including phenoxy) is 1. The maximum absolute atomic E-state index is 14.1. The highest BCUT2D eigenvalue weighted by molar-refractivity contribution is 6.31. The van der Waals surface area contributed by atoms with E-state index in [1.807, 2.05) is 6.07 Å². The Bertz CT molecular complexity index is 1800. The van der Waals surface area contributed by atoms with Crippen LogP contribution in [0.1, 0.15) is 45.7 Å². The molecule has 1 fully saturated rings. The fourth-order valence-electron chi connectivity index (χ4n) is 5.36. The van der Waals surface area contributed by atoms with Gasteiger partial charge in [0.2, 0.25) is 11.6 Å². The first-order chi connectivity index (χ1) is 22.4.